The number of carbonyl (C=O) groups excluding carboxylic acids is 2. The van der Waals surface area contributed by atoms with Gasteiger partial charge in [0.2, 0.25) is 0 Å². The smallest absolute Gasteiger partial charge is 0.278 e. The number of imide groups is 1. The fourth-order valence-corrected chi connectivity index (χ4v) is 3.40. The highest BCUT2D eigenvalue weighted by atomic mass is 16.5. The first-order valence-electron chi connectivity index (χ1n) is 10.1. The maximum absolute atomic E-state index is 13.3. The van der Waals surface area contributed by atoms with Gasteiger partial charge in [0.05, 0.1) is 18.8 Å². The Morgan fingerprint density at radius 1 is 1.03 bits per heavy atom. The summed E-state index contributed by atoms with van der Waals surface area (Å²) < 4.78 is 11.0. The van der Waals surface area contributed by atoms with Gasteiger partial charge in [-0.05, 0) is 51.0 Å². The number of ether oxygens (including phenoxy) is 2. The number of rotatable bonds is 9. The minimum Gasteiger partial charge on any atom is -0.496 e. The molecule has 2 aromatic rings. The number of methoxy groups -OCH3 is 1. The average Bonchev–Trinajstić information content (AvgIpc) is 2.94. The number of anilines is 1. The van der Waals surface area contributed by atoms with E-state index in [4.69, 9.17) is 9.47 Å². The molecule has 0 radical (unpaired) electrons. The zero-order valence-corrected chi connectivity index (χ0v) is 17.9. The normalized spacial score (nSPS) is 14.1. The maximum Gasteiger partial charge on any atom is 0.278 e. The molecule has 0 spiro atoms. The zero-order valence-electron chi connectivity index (χ0n) is 17.9. The largest absolute Gasteiger partial charge is 0.496 e. The lowest BCUT2D eigenvalue weighted by Crippen LogP contribution is -2.34. The van der Waals surface area contributed by atoms with Crippen LogP contribution in [0.15, 0.2) is 54.2 Å². The van der Waals surface area contributed by atoms with Crippen molar-refractivity contribution in [2.45, 2.75) is 33.3 Å². The Morgan fingerprint density at radius 3 is 2.50 bits per heavy atom. The topological polar surface area (TPSA) is 67.9 Å². The Labute approximate surface area is 177 Å². The van der Waals surface area contributed by atoms with Crippen LogP contribution in [0.4, 0.5) is 5.69 Å². The quantitative estimate of drug-likeness (QED) is 0.502. The van der Waals surface area contributed by atoms with Crippen molar-refractivity contribution in [3.05, 3.63) is 65.4 Å². The van der Waals surface area contributed by atoms with Crippen molar-refractivity contribution in [3.8, 4) is 5.75 Å². The van der Waals surface area contributed by atoms with Crippen LogP contribution >= 0.6 is 0 Å². The maximum atomic E-state index is 13.3. The summed E-state index contributed by atoms with van der Waals surface area (Å²) in [4.78, 5) is 27.8. The average molecular weight is 408 g/mol. The van der Waals surface area contributed by atoms with E-state index in [0.717, 1.165) is 11.3 Å². The van der Waals surface area contributed by atoms with E-state index in [1.54, 1.807) is 19.2 Å². The second kappa shape index (κ2) is 9.59. The summed E-state index contributed by atoms with van der Waals surface area (Å²) in [5.41, 5.74) is 2.99. The van der Waals surface area contributed by atoms with Gasteiger partial charge in [-0.1, -0.05) is 30.3 Å². The number of carbonyl (C=O) groups is 2. The molecule has 0 unspecified atom stereocenters. The predicted molar refractivity (Wildman–Crippen MR) is 117 cm³/mol. The SMILES string of the molecule is COc1ccccc1C1=C(Nc2cccc(C)c2)C(=O)N(CCCOC(C)C)C1=O. The van der Waals surface area contributed by atoms with E-state index in [1.165, 1.54) is 4.90 Å². The highest BCUT2D eigenvalue weighted by molar-refractivity contribution is 6.37. The van der Waals surface area contributed by atoms with E-state index < -0.39 is 0 Å². The van der Waals surface area contributed by atoms with Crippen molar-refractivity contribution < 1.29 is 19.1 Å². The fourth-order valence-electron chi connectivity index (χ4n) is 3.40. The van der Waals surface area contributed by atoms with Crippen LogP contribution in [0.25, 0.3) is 5.57 Å². The van der Waals surface area contributed by atoms with Crippen LogP contribution in [0.5, 0.6) is 5.75 Å². The Kier molecular flexibility index (Phi) is 6.90. The van der Waals surface area contributed by atoms with Gasteiger partial charge in [-0.25, -0.2) is 0 Å². The Morgan fingerprint density at radius 2 is 1.80 bits per heavy atom. The first kappa shape index (κ1) is 21.6. The van der Waals surface area contributed by atoms with Gasteiger partial charge in [-0.3, -0.25) is 14.5 Å². The van der Waals surface area contributed by atoms with E-state index >= 15 is 0 Å². The van der Waals surface area contributed by atoms with Gasteiger partial charge in [-0.2, -0.15) is 0 Å². The molecule has 0 aliphatic carbocycles. The molecule has 1 aliphatic heterocycles. The number of amides is 2. The standard InChI is InChI=1S/C24H28N2O4/c1-16(2)30-14-8-13-26-23(27)21(19-11-5-6-12-20(19)29-4)22(24(26)28)25-18-10-7-9-17(3)15-18/h5-7,9-12,15-16,25H,8,13-14H2,1-4H3. The van der Waals surface area contributed by atoms with Gasteiger partial charge in [-0.15, -0.1) is 0 Å². The molecule has 0 saturated heterocycles. The molecular formula is C24H28N2O4. The number of para-hydroxylation sites is 1. The Balaban J connectivity index is 1.95. The number of aryl methyl sites for hydroxylation is 1. The molecular weight excluding hydrogens is 380 g/mol. The van der Waals surface area contributed by atoms with E-state index in [-0.39, 0.29) is 23.6 Å². The third-order valence-corrected chi connectivity index (χ3v) is 4.81. The van der Waals surface area contributed by atoms with Gasteiger partial charge >= 0.3 is 0 Å². The summed E-state index contributed by atoms with van der Waals surface area (Å²) in [5.74, 6) is -0.127. The molecule has 3 rings (SSSR count). The van der Waals surface area contributed by atoms with E-state index in [0.29, 0.717) is 36.5 Å². The number of nitrogens with one attached hydrogen (secondary N) is 1. The number of benzene rings is 2. The molecule has 0 bridgehead atoms. The highest BCUT2D eigenvalue weighted by Crippen LogP contribution is 2.35. The van der Waals surface area contributed by atoms with Crippen molar-refractivity contribution in [2.24, 2.45) is 0 Å². The number of nitrogens with zero attached hydrogens (tertiary/aromatic N) is 1. The second-order valence-corrected chi connectivity index (χ2v) is 7.48. The first-order chi connectivity index (χ1) is 14.4. The lowest BCUT2D eigenvalue weighted by atomic mass is 10.0. The minimum absolute atomic E-state index is 0.107. The van der Waals surface area contributed by atoms with Crippen molar-refractivity contribution in [1.82, 2.24) is 4.90 Å². The molecule has 6 nitrogen and oxygen atoms in total. The third-order valence-electron chi connectivity index (χ3n) is 4.81. The minimum atomic E-state index is -0.341. The highest BCUT2D eigenvalue weighted by Gasteiger charge is 2.39. The van der Waals surface area contributed by atoms with E-state index in [2.05, 4.69) is 5.32 Å². The molecule has 1 heterocycles. The summed E-state index contributed by atoms with van der Waals surface area (Å²) in [7, 11) is 1.55. The van der Waals surface area contributed by atoms with Crippen LogP contribution in [0, 0.1) is 6.92 Å². The number of hydrogen-bond acceptors (Lipinski definition) is 5. The first-order valence-corrected chi connectivity index (χ1v) is 10.1. The van der Waals surface area contributed by atoms with Crippen LogP contribution in [-0.2, 0) is 14.3 Å². The molecule has 0 saturated carbocycles. The molecule has 1 N–H and O–H groups in total. The molecule has 1 aliphatic rings. The van der Waals surface area contributed by atoms with Crippen LogP contribution in [-0.4, -0.2) is 43.1 Å². The molecule has 30 heavy (non-hydrogen) atoms. The number of hydrogen-bond donors (Lipinski definition) is 1. The van der Waals surface area contributed by atoms with Crippen molar-refractivity contribution in [3.63, 3.8) is 0 Å². The van der Waals surface area contributed by atoms with Gasteiger partial charge in [0.25, 0.3) is 11.8 Å². The summed E-state index contributed by atoms with van der Waals surface area (Å²) >= 11 is 0. The van der Waals surface area contributed by atoms with E-state index in [9.17, 15) is 9.59 Å². The molecule has 2 amide bonds. The Hall–Kier alpha value is -3.12. The van der Waals surface area contributed by atoms with Gasteiger partial charge in [0.15, 0.2) is 0 Å². The van der Waals surface area contributed by atoms with Crippen LogP contribution < -0.4 is 10.1 Å². The molecule has 0 atom stereocenters. The monoisotopic (exact) mass is 408 g/mol. The zero-order chi connectivity index (χ0) is 21.7. The van der Waals surface area contributed by atoms with Crippen molar-refractivity contribution in [2.75, 3.05) is 25.6 Å². The van der Waals surface area contributed by atoms with E-state index in [1.807, 2.05) is 57.2 Å². The van der Waals surface area contributed by atoms with Crippen LogP contribution in [0.1, 0.15) is 31.4 Å². The third kappa shape index (κ3) is 4.71. The molecule has 0 fully saturated rings. The van der Waals surface area contributed by atoms with Gasteiger partial charge in [0.1, 0.15) is 11.4 Å². The lowest BCUT2D eigenvalue weighted by Gasteiger charge is -2.16. The fraction of sp³-hybridized carbons (Fsp3) is 0.333. The summed E-state index contributed by atoms with van der Waals surface area (Å²) in [6.45, 7) is 6.67. The molecule has 158 valence electrons. The molecule has 6 heteroatoms. The van der Waals surface area contributed by atoms with Crippen molar-refractivity contribution in [1.29, 1.82) is 0 Å². The predicted octanol–water partition coefficient (Wildman–Crippen LogP) is 4.01. The van der Waals surface area contributed by atoms with Gasteiger partial charge in [0, 0.05) is 24.4 Å². The van der Waals surface area contributed by atoms with Crippen molar-refractivity contribution >= 4 is 23.1 Å². The summed E-state index contributed by atoms with van der Waals surface area (Å²) in [6, 6.07) is 14.9. The summed E-state index contributed by atoms with van der Waals surface area (Å²) in [5, 5.41) is 3.18. The van der Waals surface area contributed by atoms with Gasteiger partial charge < -0.3 is 14.8 Å². The van der Waals surface area contributed by atoms with Crippen LogP contribution in [0.2, 0.25) is 0 Å². The second-order valence-electron chi connectivity index (χ2n) is 7.48. The summed E-state index contributed by atoms with van der Waals surface area (Å²) in [6.07, 6.45) is 0.683. The van der Waals surface area contributed by atoms with Crippen LogP contribution in [0.3, 0.4) is 0 Å². The molecule has 0 aromatic heterocycles. The Bertz CT molecular complexity index is 965. The molecule has 2 aromatic carbocycles. The lowest BCUT2D eigenvalue weighted by molar-refractivity contribution is -0.137.